The molecule has 1 aromatic carbocycles. The number of benzene rings is 1. The van der Waals surface area contributed by atoms with Crippen molar-refractivity contribution >= 4 is 17.1 Å². The van der Waals surface area contributed by atoms with Gasteiger partial charge in [-0.1, -0.05) is 52.0 Å². The summed E-state index contributed by atoms with van der Waals surface area (Å²) in [6.07, 6.45) is 2.60. The van der Waals surface area contributed by atoms with Gasteiger partial charge in [0.25, 0.3) is 0 Å². The van der Waals surface area contributed by atoms with E-state index >= 15 is 0 Å². The zero-order valence-corrected chi connectivity index (χ0v) is 17.0. The number of aromatic nitrogens is 1. The fourth-order valence-corrected chi connectivity index (χ4v) is 3.01. The van der Waals surface area contributed by atoms with Gasteiger partial charge in [0.2, 0.25) is 0 Å². The quantitative estimate of drug-likeness (QED) is 0.528. The van der Waals surface area contributed by atoms with Crippen molar-refractivity contribution in [3.63, 3.8) is 0 Å². The second-order valence-electron chi connectivity index (χ2n) is 7.49. The molecule has 0 saturated heterocycles. The molecule has 0 saturated carbocycles. The molecule has 1 heterocycles. The van der Waals surface area contributed by atoms with E-state index in [0.717, 1.165) is 29.2 Å². The van der Waals surface area contributed by atoms with Crippen LogP contribution in [0.15, 0.2) is 52.6 Å². The molecule has 0 atom stereocenters. The van der Waals surface area contributed by atoms with Gasteiger partial charge in [0, 0.05) is 24.0 Å². The van der Waals surface area contributed by atoms with Crippen LogP contribution in [0.3, 0.4) is 0 Å². The first-order valence-corrected chi connectivity index (χ1v) is 9.45. The van der Waals surface area contributed by atoms with E-state index in [0.29, 0.717) is 18.4 Å². The fraction of sp³-hybridized carbons (Fsp3) is 0.435. The summed E-state index contributed by atoms with van der Waals surface area (Å²) >= 11 is 0. The van der Waals surface area contributed by atoms with E-state index in [1.807, 2.05) is 24.4 Å². The van der Waals surface area contributed by atoms with Crippen LogP contribution < -0.4 is 0 Å². The van der Waals surface area contributed by atoms with Crippen LogP contribution in [0.5, 0.6) is 0 Å². The first kappa shape index (κ1) is 20.0. The summed E-state index contributed by atoms with van der Waals surface area (Å²) in [5.41, 5.74) is 6.96. The van der Waals surface area contributed by atoms with Crippen molar-refractivity contribution in [2.45, 2.75) is 66.3 Å². The lowest BCUT2D eigenvalue weighted by atomic mass is 9.93. The van der Waals surface area contributed by atoms with E-state index in [1.165, 1.54) is 11.1 Å². The minimum atomic E-state index is 0.458. The summed E-state index contributed by atoms with van der Waals surface area (Å²) in [5.74, 6) is 0.915. The lowest BCUT2D eigenvalue weighted by Crippen LogP contribution is -2.03. The molecule has 2 aromatic rings. The minimum absolute atomic E-state index is 0.458. The highest BCUT2D eigenvalue weighted by molar-refractivity contribution is 6.03. The van der Waals surface area contributed by atoms with Crippen molar-refractivity contribution in [1.29, 1.82) is 0 Å². The van der Waals surface area contributed by atoms with E-state index in [-0.39, 0.29) is 0 Å². The van der Waals surface area contributed by atoms with Gasteiger partial charge in [0.15, 0.2) is 0 Å². The number of para-hydroxylation sites is 1. The molecule has 0 aliphatic rings. The van der Waals surface area contributed by atoms with Gasteiger partial charge in [0.1, 0.15) is 0 Å². The van der Waals surface area contributed by atoms with Crippen LogP contribution in [-0.4, -0.2) is 16.4 Å². The lowest BCUT2D eigenvalue weighted by Gasteiger charge is -2.17. The van der Waals surface area contributed by atoms with Crippen molar-refractivity contribution in [2.75, 3.05) is 0 Å². The van der Waals surface area contributed by atoms with Crippen LogP contribution in [0.4, 0.5) is 5.69 Å². The van der Waals surface area contributed by atoms with Gasteiger partial charge in [-0.25, -0.2) is 0 Å². The van der Waals surface area contributed by atoms with Crippen LogP contribution in [0.25, 0.3) is 0 Å². The Hall–Kier alpha value is -2.29. The highest BCUT2D eigenvalue weighted by Crippen LogP contribution is 2.34. The molecule has 0 aliphatic heterocycles. The highest BCUT2D eigenvalue weighted by Gasteiger charge is 2.13. The SMILES string of the molecule is CC(CC(C)=Nc1c(C(C)C)cccc1C(C)C)=NCc1ccccn1. The first-order chi connectivity index (χ1) is 12.4. The molecular formula is C23H31N3. The van der Waals surface area contributed by atoms with E-state index < -0.39 is 0 Å². The Bertz CT molecular complexity index is 745. The largest absolute Gasteiger partial charge is 0.288 e. The number of hydrogen-bond acceptors (Lipinski definition) is 3. The normalized spacial score (nSPS) is 12.9. The van der Waals surface area contributed by atoms with Crippen molar-refractivity contribution in [2.24, 2.45) is 9.98 Å². The van der Waals surface area contributed by atoms with Crippen molar-refractivity contribution in [3.8, 4) is 0 Å². The minimum Gasteiger partial charge on any atom is -0.288 e. The highest BCUT2D eigenvalue weighted by atomic mass is 14.8. The Labute approximate surface area is 158 Å². The molecule has 0 aliphatic carbocycles. The number of hydrogen-bond donors (Lipinski definition) is 0. The van der Waals surface area contributed by atoms with Crippen LogP contribution in [0, 0.1) is 0 Å². The molecule has 0 spiro atoms. The lowest BCUT2D eigenvalue weighted by molar-refractivity contribution is 0.834. The molecule has 0 fully saturated rings. The van der Waals surface area contributed by atoms with E-state index in [9.17, 15) is 0 Å². The standard InChI is InChI=1S/C23H31N3/c1-16(2)21-11-9-12-22(17(3)4)23(21)26-19(6)14-18(5)25-15-20-10-7-8-13-24-20/h7-13,16-17H,14-15H2,1-6H3. The molecule has 3 nitrogen and oxygen atoms in total. The van der Waals surface area contributed by atoms with Crippen molar-refractivity contribution in [1.82, 2.24) is 4.98 Å². The number of rotatable bonds is 7. The van der Waals surface area contributed by atoms with Gasteiger partial charge in [-0.15, -0.1) is 0 Å². The zero-order chi connectivity index (χ0) is 19.1. The van der Waals surface area contributed by atoms with E-state index in [2.05, 4.69) is 69.7 Å². The zero-order valence-electron chi connectivity index (χ0n) is 17.0. The Morgan fingerprint density at radius 3 is 2.08 bits per heavy atom. The summed E-state index contributed by atoms with van der Waals surface area (Å²) in [7, 11) is 0. The third kappa shape index (κ3) is 5.62. The first-order valence-electron chi connectivity index (χ1n) is 9.45. The maximum atomic E-state index is 5.02. The molecule has 138 valence electrons. The summed E-state index contributed by atoms with van der Waals surface area (Å²) in [6.45, 7) is 13.7. The smallest absolute Gasteiger partial charge is 0.0811 e. The number of nitrogens with zero attached hydrogens (tertiary/aromatic N) is 3. The van der Waals surface area contributed by atoms with Crippen molar-refractivity contribution in [3.05, 3.63) is 59.4 Å². The maximum Gasteiger partial charge on any atom is 0.0811 e. The molecule has 1 aromatic heterocycles. The molecule has 0 amide bonds. The van der Waals surface area contributed by atoms with E-state index in [1.54, 1.807) is 0 Å². The molecule has 0 unspecified atom stereocenters. The summed E-state index contributed by atoms with van der Waals surface area (Å²) in [4.78, 5) is 14.0. The molecule has 3 heteroatoms. The Morgan fingerprint density at radius 1 is 0.885 bits per heavy atom. The molecule has 0 bridgehead atoms. The molecule has 2 rings (SSSR count). The summed E-state index contributed by atoms with van der Waals surface area (Å²) < 4.78 is 0. The van der Waals surface area contributed by atoms with Crippen molar-refractivity contribution < 1.29 is 0 Å². The second kappa shape index (κ2) is 9.42. The second-order valence-corrected chi connectivity index (χ2v) is 7.49. The predicted molar refractivity (Wildman–Crippen MR) is 113 cm³/mol. The topological polar surface area (TPSA) is 37.6 Å². The monoisotopic (exact) mass is 349 g/mol. The summed E-state index contributed by atoms with van der Waals surface area (Å²) in [6, 6.07) is 12.5. The number of aliphatic imine (C=N–C) groups is 2. The van der Waals surface area contributed by atoms with Gasteiger partial charge in [0.05, 0.1) is 17.9 Å². The van der Waals surface area contributed by atoms with Gasteiger partial charge in [-0.2, -0.15) is 0 Å². The Balaban J connectivity index is 2.21. The van der Waals surface area contributed by atoms with Gasteiger partial charge in [-0.05, 0) is 48.9 Å². The number of pyridine rings is 1. The average Bonchev–Trinajstić information content (AvgIpc) is 2.60. The summed E-state index contributed by atoms with van der Waals surface area (Å²) in [5, 5.41) is 0. The third-order valence-corrected chi connectivity index (χ3v) is 4.39. The van der Waals surface area contributed by atoms with Crippen LogP contribution in [0.1, 0.15) is 76.6 Å². The maximum absolute atomic E-state index is 5.02. The van der Waals surface area contributed by atoms with Gasteiger partial charge < -0.3 is 0 Å². The van der Waals surface area contributed by atoms with E-state index in [4.69, 9.17) is 4.99 Å². The molecule has 26 heavy (non-hydrogen) atoms. The van der Waals surface area contributed by atoms with Gasteiger partial charge >= 0.3 is 0 Å². The Kier molecular flexibility index (Phi) is 7.26. The van der Waals surface area contributed by atoms with Gasteiger partial charge in [-0.3, -0.25) is 15.0 Å². The molecular weight excluding hydrogens is 318 g/mol. The van der Waals surface area contributed by atoms with Crippen LogP contribution in [0.2, 0.25) is 0 Å². The molecule has 0 N–H and O–H groups in total. The third-order valence-electron chi connectivity index (χ3n) is 4.39. The fourth-order valence-electron chi connectivity index (χ4n) is 3.01. The van der Waals surface area contributed by atoms with Crippen LogP contribution in [-0.2, 0) is 6.54 Å². The van der Waals surface area contributed by atoms with Crippen LogP contribution >= 0.6 is 0 Å². The Morgan fingerprint density at radius 2 is 1.54 bits per heavy atom. The average molecular weight is 350 g/mol. The molecule has 0 radical (unpaired) electrons. The predicted octanol–water partition coefficient (Wildman–Crippen LogP) is 6.47.